The van der Waals surface area contributed by atoms with E-state index >= 15 is 0 Å². The number of β-lactam (4-membered cyclic amide) rings is 1. The van der Waals surface area contributed by atoms with Gasteiger partial charge in [0.05, 0.1) is 4.92 Å². The van der Waals surface area contributed by atoms with Gasteiger partial charge in [-0.2, -0.15) is 0 Å². The molecule has 1 aromatic rings. The molecular formula is C15H13N3O7S2. The fourth-order valence-electron chi connectivity index (χ4n) is 2.80. The number of carbonyl (C=O) groups excluding carboxylic acids is 1. The molecule has 0 aliphatic carbocycles. The Hall–Kier alpha value is -2.57. The number of carbonyl (C=O) groups is 3. The molecule has 4 N–H and O–H groups in total. The summed E-state index contributed by atoms with van der Waals surface area (Å²) in [7, 11) is 0. The number of rotatable bonds is 6. The third kappa shape index (κ3) is 3.38. The lowest BCUT2D eigenvalue weighted by molar-refractivity contribution is -0.385. The smallest absolute Gasteiger partial charge is 0.352 e. The van der Waals surface area contributed by atoms with E-state index in [9.17, 15) is 29.6 Å². The second-order valence-electron chi connectivity index (χ2n) is 5.72. The molecular weight excluding hydrogens is 398 g/mol. The highest BCUT2D eigenvalue weighted by molar-refractivity contribution is 8.01. The number of hydrogen-bond acceptors (Lipinski definition) is 8. The summed E-state index contributed by atoms with van der Waals surface area (Å²) in [6.07, 6.45) is 0. The molecule has 0 aromatic heterocycles. The van der Waals surface area contributed by atoms with Crippen molar-refractivity contribution in [1.82, 2.24) is 4.90 Å². The van der Waals surface area contributed by atoms with Gasteiger partial charge in [0.2, 0.25) is 5.91 Å². The van der Waals surface area contributed by atoms with Gasteiger partial charge in [0, 0.05) is 22.5 Å². The lowest BCUT2D eigenvalue weighted by atomic mass is 10.0. The van der Waals surface area contributed by atoms with Gasteiger partial charge in [-0.25, -0.2) is 9.59 Å². The number of nitro groups is 1. The SMILES string of the molecule is N[C@@H]1C(=O)N2C(C(=O)O)=C(CSc3ccc([N+](=O)[O-])c(C(=O)O)c3)CS[C@H]12. The highest BCUT2D eigenvalue weighted by Crippen LogP contribution is 2.41. The summed E-state index contributed by atoms with van der Waals surface area (Å²) < 4.78 is 0. The highest BCUT2D eigenvalue weighted by atomic mass is 32.2. The van der Waals surface area contributed by atoms with Crippen molar-refractivity contribution in [2.75, 3.05) is 11.5 Å². The van der Waals surface area contributed by atoms with Crippen molar-refractivity contribution in [1.29, 1.82) is 0 Å². The number of nitrogens with two attached hydrogens (primary N) is 1. The molecule has 0 radical (unpaired) electrons. The number of aromatic carboxylic acids is 1. The minimum atomic E-state index is -1.43. The van der Waals surface area contributed by atoms with Crippen molar-refractivity contribution >= 4 is 47.1 Å². The molecule has 27 heavy (non-hydrogen) atoms. The number of carboxylic acid groups (broad SMARTS) is 2. The highest BCUT2D eigenvalue weighted by Gasteiger charge is 2.51. The summed E-state index contributed by atoms with van der Waals surface area (Å²) in [6, 6.07) is 2.96. The average Bonchev–Trinajstić information content (AvgIpc) is 2.64. The quantitative estimate of drug-likeness (QED) is 0.266. The summed E-state index contributed by atoms with van der Waals surface area (Å²) in [5, 5.41) is 29.1. The summed E-state index contributed by atoms with van der Waals surface area (Å²) in [5.41, 5.74) is 5.13. The molecule has 2 atom stereocenters. The van der Waals surface area contributed by atoms with E-state index in [0.717, 1.165) is 17.8 Å². The number of benzene rings is 1. The van der Waals surface area contributed by atoms with E-state index < -0.39 is 45.4 Å². The van der Waals surface area contributed by atoms with E-state index in [0.29, 0.717) is 16.2 Å². The molecule has 2 heterocycles. The number of carboxylic acids is 2. The second kappa shape index (κ2) is 7.21. The van der Waals surface area contributed by atoms with Gasteiger partial charge in [-0.3, -0.25) is 19.8 Å². The average molecular weight is 411 g/mol. The molecule has 0 bridgehead atoms. The van der Waals surface area contributed by atoms with E-state index in [2.05, 4.69) is 0 Å². The Labute approximate surface area is 160 Å². The van der Waals surface area contributed by atoms with Crippen LogP contribution in [0.3, 0.4) is 0 Å². The van der Waals surface area contributed by atoms with E-state index in [1.165, 1.54) is 28.8 Å². The van der Waals surface area contributed by atoms with E-state index in [1.54, 1.807) is 0 Å². The molecule has 0 saturated carbocycles. The standard InChI is InChI=1S/C15H13N3O7S2/c16-10-12(19)17-11(15(22)23)6(5-27-13(10)17)4-26-7-1-2-9(18(24)25)8(3-7)14(20)21/h1-3,10,13H,4-5,16H2,(H,20,21)(H,22,23)/t10-,13-/m1/s1. The predicted molar refractivity (Wildman–Crippen MR) is 96.5 cm³/mol. The molecule has 1 saturated heterocycles. The third-order valence-electron chi connectivity index (χ3n) is 4.10. The van der Waals surface area contributed by atoms with E-state index in [4.69, 9.17) is 10.8 Å². The second-order valence-corrected chi connectivity index (χ2v) is 7.88. The lowest BCUT2D eigenvalue weighted by Gasteiger charge is -2.48. The zero-order chi connectivity index (χ0) is 19.9. The van der Waals surface area contributed by atoms with Gasteiger partial charge in [-0.15, -0.1) is 23.5 Å². The number of fused-ring (bicyclic) bond motifs is 1. The molecule has 1 fully saturated rings. The first kappa shape index (κ1) is 19.2. The van der Waals surface area contributed by atoms with Crippen LogP contribution in [0, 0.1) is 10.1 Å². The maximum atomic E-state index is 11.9. The Kier molecular flexibility index (Phi) is 5.13. The molecule has 0 spiro atoms. The van der Waals surface area contributed by atoms with Crippen molar-refractivity contribution in [3.8, 4) is 0 Å². The number of hydrogen-bond donors (Lipinski definition) is 3. The Morgan fingerprint density at radius 2 is 2.07 bits per heavy atom. The van der Waals surface area contributed by atoms with Crippen LogP contribution in [-0.2, 0) is 9.59 Å². The largest absolute Gasteiger partial charge is 0.477 e. The van der Waals surface area contributed by atoms with Gasteiger partial charge < -0.3 is 15.9 Å². The molecule has 10 nitrogen and oxygen atoms in total. The third-order valence-corrected chi connectivity index (χ3v) is 6.54. The minimum absolute atomic E-state index is 0.0988. The first-order chi connectivity index (χ1) is 12.7. The maximum Gasteiger partial charge on any atom is 0.352 e. The van der Waals surface area contributed by atoms with Crippen LogP contribution in [-0.4, -0.2) is 60.8 Å². The van der Waals surface area contributed by atoms with Gasteiger partial charge in [-0.1, -0.05) is 0 Å². The minimum Gasteiger partial charge on any atom is -0.477 e. The maximum absolute atomic E-state index is 11.9. The van der Waals surface area contributed by atoms with Crippen LogP contribution in [0.1, 0.15) is 10.4 Å². The fraction of sp³-hybridized carbons (Fsp3) is 0.267. The summed E-state index contributed by atoms with van der Waals surface area (Å²) in [5.74, 6) is -2.54. The molecule has 3 rings (SSSR count). The normalized spacial score (nSPS) is 21.5. The number of amides is 1. The van der Waals surface area contributed by atoms with Crippen LogP contribution >= 0.6 is 23.5 Å². The number of aliphatic carboxylic acids is 1. The Morgan fingerprint density at radius 3 is 2.67 bits per heavy atom. The first-order valence-electron chi connectivity index (χ1n) is 7.52. The zero-order valence-electron chi connectivity index (χ0n) is 13.5. The summed E-state index contributed by atoms with van der Waals surface area (Å²) in [4.78, 5) is 46.5. The van der Waals surface area contributed by atoms with Gasteiger partial charge in [0.1, 0.15) is 22.7 Å². The van der Waals surface area contributed by atoms with Gasteiger partial charge in [0.25, 0.3) is 5.69 Å². The predicted octanol–water partition coefficient (Wildman–Crippen LogP) is 0.966. The van der Waals surface area contributed by atoms with Crippen molar-refractivity contribution in [2.24, 2.45) is 5.73 Å². The van der Waals surface area contributed by atoms with Crippen LogP contribution < -0.4 is 5.73 Å². The van der Waals surface area contributed by atoms with E-state index in [-0.39, 0.29) is 11.4 Å². The molecule has 0 unspecified atom stereocenters. The van der Waals surface area contributed by atoms with Crippen LogP contribution in [0.2, 0.25) is 0 Å². The zero-order valence-corrected chi connectivity index (χ0v) is 15.2. The van der Waals surface area contributed by atoms with Crippen molar-refractivity contribution in [2.45, 2.75) is 16.3 Å². The monoisotopic (exact) mass is 411 g/mol. The number of nitro benzene ring substituents is 1. The van der Waals surface area contributed by atoms with Gasteiger partial charge >= 0.3 is 11.9 Å². The molecule has 1 aromatic carbocycles. The van der Waals surface area contributed by atoms with Crippen molar-refractivity contribution in [3.63, 3.8) is 0 Å². The summed E-state index contributed by atoms with van der Waals surface area (Å²) in [6.45, 7) is 0. The van der Waals surface area contributed by atoms with E-state index in [1.807, 2.05) is 0 Å². The van der Waals surface area contributed by atoms with Gasteiger partial charge in [-0.05, 0) is 17.7 Å². The van der Waals surface area contributed by atoms with Crippen LogP contribution in [0.4, 0.5) is 5.69 Å². The summed E-state index contributed by atoms with van der Waals surface area (Å²) >= 11 is 2.51. The number of thioether (sulfide) groups is 2. The molecule has 1 amide bonds. The van der Waals surface area contributed by atoms with Crippen molar-refractivity contribution < 1.29 is 29.5 Å². The number of nitrogens with zero attached hydrogens (tertiary/aromatic N) is 2. The van der Waals surface area contributed by atoms with Crippen LogP contribution in [0.5, 0.6) is 0 Å². The Balaban J connectivity index is 1.84. The molecule has 2 aliphatic heterocycles. The Morgan fingerprint density at radius 1 is 1.37 bits per heavy atom. The Bertz CT molecular complexity index is 901. The molecule has 12 heteroatoms. The first-order valence-corrected chi connectivity index (χ1v) is 9.56. The topological polar surface area (TPSA) is 164 Å². The lowest BCUT2D eigenvalue weighted by Crippen LogP contribution is -2.68. The molecule has 142 valence electrons. The van der Waals surface area contributed by atoms with Crippen LogP contribution in [0.25, 0.3) is 0 Å². The fourth-order valence-corrected chi connectivity index (χ4v) is 5.16. The van der Waals surface area contributed by atoms with Gasteiger partial charge in [0.15, 0.2) is 0 Å². The molecule has 2 aliphatic rings. The van der Waals surface area contributed by atoms with Crippen molar-refractivity contribution in [3.05, 3.63) is 45.1 Å². The van der Waals surface area contributed by atoms with Crippen LogP contribution in [0.15, 0.2) is 34.4 Å².